The van der Waals surface area contributed by atoms with Crippen molar-refractivity contribution in [2.24, 2.45) is 34.5 Å². The van der Waals surface area contributed by atoms with Gasteiger partial charge in [0.05, 0.1) is 0 Å². The zero-order valence-corrected chi connectivity index (χ0v) is 12.8. The molecule has 0 bridgehead atoms. The van der Waals surface area contributed by atoms with Crippen molar-refractivity contribution in [3.63, 3.8) is 0 Å². The van der Waals surface area contributed by atoms with Gasteiger partial charge in [0.25, 0.3) is 0 Å². The normalized spacial score (nSPS) is 53.4. The summed E-state index contributed by atoms with van der Waals surface area (Å²) in [7, 11) is 0. The van der Waals surface area contributed by atoms with Gasteiger partial charge in [0, 0.05) is 6.42 Å². The number of ketones is 1. The minimum atomic E-state index is 0.292. The number of hydrogen-bond acceptors (Lipinski definition) is 1. The first kappa shape index (κ1) is 12.9. The molecule has 2 fully saturated rings. The van der Waals surface area contributed by atoms with Crippen molar-refractivity contribution in [2.45, 2.75) is 52.4 Å². The second-order valence-electron chi connectivity index (χ2n) is 8.20. The van der Waals surface area contributed by atoms with Crippen LogP contribution in [0.25, 0.3) is 0 Å². The Hall–Kier alpha value is -0.850. The third-order valence-electron chi connectivity index (χ3n) is 7.37. The van der Waals surface area contributed by atoms with Crippen molar-refractivity contribution >= 4 is 5.78 Å². The summed E-state index contributed by atoms with van der Waals surface area (Å²) < 4.78 is 0. The third kappa shape index (κ3) is 1.58. The molecule has 0 heterocycles. The van der Waals surface area contributed by atoms with Crippen LogP contribution in [0.4, 0.5) is 0 Å². The zero-order valence-electron chi connectivity index (χ0n) is 12.8. The van der Waals surface area contributed by atoms with E-state index in [-0.39, 0.29) is 0 Å². The van der Waals surface area contributed by atoms with Gasteiger partial charge in [0.2, 0.25) is 0 Å². The molecule has 2 saturated carbocycles. The lowest BCUT2D eigenvalue weighted by molar-refractivity contribution is -0.121. The standard InChI is InChI=1S/C19H26O/c1-18-9-3-4-16(18)15-6-5-13-12-14(20)7-11-19(13,2)17(15)8-10-18/h3,7,9,11,13,15-17H,4-6,8,10,12H2,1-2H3/t13-,15-,16-,17-,18-,19-/m0/s1. The van der Waals surface area contributed by atoms with Crippen molar-refractivity contribution in [1.29, 1.82) is 0 Å². The molecular formula is C19H26O. The average Bonchev–Trinajstić information content (AvgIpc) is 2.81. The minimum absolute atomic E-state index is 0.292. The topological polar surface area (TPSA) is 17.1 Å². The summed E-state index contributed by atoms with van der Waals surface area (Å²) >= 11 is 0. The fraction of sp³-hybridized carbons (Fsp3) is 0.737. The monoisotopic (exact) mass is 270 g/mol. The van der Waals surface area contributed by atoms with E-state index < -0.39 is 0 Å². The molecule has 0 aromatic carbocycles. The number of fused-ring (bicyclic) bond motifs is 5. The molecule has 1 nitrogen and oxygen atoms in total. The summed E-state index contributed by atoms with van der Waals surface area (Å²) in [5.41, 5.74) is 0.763. The van der Waals surface area contributed by atoms with E-state index in [4.69, 9.17) is 0 Å². The van der Waals surface area contributed by atoms with Crippen molar-refractivity contribution < 1.29 is 4.79 Å². The molecular weight excluding hydrogens is 244 g/mol. The van der Waals surface area contributed by atoms with Crippen LogP contribution >= 0.6 is 0 Å². The van der Waals surface area contributed by atoms with Crippen LogP contribution in [0.3, 0.4) is 0 Å². The van der Waals surface area contributed by atoms with E-state index in [1.165, 1.54) is 32.1 Å². The fourth-order valence-electron chi connectivity index (χ4n) is 6.12. The van der Waals surface area contributed by atoms with E-state index in [0.29, 0.717) is 22.5 Å². The molecule has 0 unspecified atom stereocenters. The largest absolute Gasteiger partial charge is 0.295 e. The second kappa shape index (κ2) is 4.08. The van der Waals surface area contributed by atoms with Crippen molar-refractivity contribution in [3.8, 4) is 0 Å². The zero-order chi connectivity index (χ0) is 14.0. The first-order chi connectivity index (χ1) is 9.53. The number of rotatable bonds is 0. The Kier molecular flexibility index (Phi) is 2.63. The number of hydrogen-bond donors (Lipinski definition) is 0. The quantitative estimate of drug-likeness (QED) is 0.591. The maximum Gasteiger partial charge on any atom is 0.155 e. The summed E-state index contributed by atoms with van der Waals surface area (Å²) in [6, 6.07) is 0. The summed E-state index contributed by atoms with van der Waals surface area (Å²) in [6.45, 7) is 4.93. The maximum atomic E-state index is 11.8. The molecule has 4 aliphatic rings. The molecule has 108 valence electrons. The number of carbonyl (C=O) groups excluding carboxylic acids is 1. The molecule has 0 saturated heterocycles. The smallest absolute Gasteiger partial charge is 0.155 e. The molecule has 20 heavy (non-hydrogen) atoms. The highest BCUT2D eigenvalue weighted by Crippen LogP contribution is 2.63. The lowest BCUT2D eigenvalue weighted by Crippen LogP contribution is -2.51. The predicted molar refractivity (Wildman–Crippen MR) is 81.2 cm³/mol. The molecule has 0 aromatic rings. The lowest BCUT2D eigenvalue weighted by atomic mass is 9.46. The van der Waals surface area contributed by atoms with E-state index in [0.717, 1.165) is 24.2 Å². The average molecular weight is 270 g/mol. The van der Waals surface area contributed by atoms with Gasteiger partial charge in [0.1, 0.15) is 0 Å². The molecule has 0 spiro atoms. The Morgan fingerprint density at radius 2 is 1.95 bits per heavy atom. The Morgan fingerprint density at radius 3 is 2.80 bits per heavy atom. The predicted octanol–water partition coefficient (Wildman–Crippen LogP) is 4.54. The molecule has 1 heteroatoms. The molecule has 0 amide bonds. The van der Waals surface area contributed by atoms with E-state index in [1.54, 1.807) is 0 Å². The van der Waals surface area contributed by atoms with Gasteiger partial charge in [0.15, 0.2) is 5.78 Å². The van der Waals surface area contributed by atoms with Gasteiger partial charge < -0.3 is 0 Å². The third-order valence-corrected chi connectivity index (χ3v) is 7.37. The van der Waals surface area contributed by atoms with Crippen LogP contribution in [0.2, 0.25) is 0 Å². The summed E-state index contributed by atoms with van der Waals surface area (Å²) in [4.78, 5) is 11.8. The van der Waals surface area contributed by atoms with Crippen LogP contribution in [0.5, 0.6) is 0 Å². The van der Waals surface area contributed by atoms with Crippen LogP contribution in [0.15, 0.2) is 24.3 Å². The van der Waals surface area contributed by atoms with E-state index in [2.05, 4.69) is 32.1 Å². The van der Waals surface area contributed by atoms with Gasteiger partial charge in [-0.05, 0) is 72.7 Å². The summed E-state index contributed by atoms with van der Waals surface area (Å²) in [6.07, 6.45) is 16.5. The van der Waals surface area contributed by atoms with Gasteiger partial charge in [-0.1, -0.05) is 32.1 Å². The van der Waals surface area contributed by atoms with E-state index >= 15 is 0 Å². The lowest BCUT2D eigenvalue weighted by Gasteiger charge is -2.58. The van der Waals surface area contributed by atoms with Crippen LogP contribution < -0.4 is 0 Å². The SMILES string of the molecule is C[C@]12C=CC(=O)C[C@@H]1CC[C@@H]1[C@@H]2CC[C@]2(C)C=CC[C@@H]12. The molecule has 6 atom stereocenters. The maximum absolute atomic E-state index is 11.8. The van der Waals surface area contributed by atoms with Crippen LogP contribution in [0.1, 0.15) is 52.4 Å². The van der Waals surface area contributed by atoms with E-state index in [9.17, 15) is 4.79 Å². The van der Waals surface area contributed by atoms with Gasteiger partial charge in [-0.3, -0.25) is 4.79 Å². The van der Waals surface area contributed by atoms with E-state index in [1.807, 2.05) is 6.08 Å². The molecule has 0 N–H and O–H groups in total. The molecule has 0 radical (unpaired) electrons. The van der Waals surface area contributed by atoms with Crippen molar-refractivity contribution in [1.82, 2.24) is 0 Å². The Balaban J connectivity index is 1.69. The number of allylic oxidation sites excluding steroid dienone is 4. The highest BCUT2D eigenvalue weighted by Gasteiger charge is 2.55. The van der Waals surface area contributed by atoms with Crippen LogP contribution in [-0.2, 0) is 4.79 Å². The summed E-state index contributed by atoms with van der Waals surface area (Å²) in [5, 5.41) is 0. The van der Waals surface area contributed by atoms with Gasteiger partial charge in [-0.25, -0.2) is 0 Å². The van der Waals surface area contributed by atoms with Gasteiger partial charge in [-0.2, -0.15) is 0 Å². The first-order valence-corrected chi connectivity index (χ1v) is 8.43. The van der Waals surface area contributed by atoms with Gasteiger partial charge in [-0.15, -0.1) is 0 Å². The molecule has 4 rings (SSSR count). The highest BCUT2D eigenvalue weighted by atomic mass is 16.1. The first-order valence-electron chi connectivity index (χ1n) is 8.43. The Bertz CT molecular complexity index is 502. The molecule has 4 aliphatic carbocycles. The Morgan fingerprint density at radius 1 is 1.10 bits per heavy atom. The number of carbonyl (C=O) groups is 1. The molecule has 0 aliphatic heterocycles. The van der Waals surface area contributed by atoms with Crippen LogP contribution in [-0.4, -0.2) is 5.78 Å². The van der Waals surface area contributed by atoms with Crippen molar-refractivity contribution in [3.05, 3.63) is 24.3 Å². The van der Waals surface area contributed by atoms with Crippen LogP contribution in [0, 0.1) is 34.5 Å². The second-order valence-corrected chi connectivity index (χ2v) is 8.20. The van der Waals surface area contributed by atoms with Gasteiger partial charge >= 0.3 is 0 Å². The van der Waals surface area contributed by atoms with Crippen molar-refractivity contribution in [2.75, 3.05) is 0 Å². The highest BCUT2D eigenvalue weighted by molar-refractivity contribution is 5.91. The minimum Gasteiger partial charge on any atom is -0.295 e. The fourth-order valence-corrected chi connectivity index (χ4v) is 6.12. The summed E-state index contributed by atoms with van der Waals surface area (Å²) in [5.74, 6) is 3.52. The molecule has 0 aromatic heterocycles. The Labute approximate surface area is 122 Å².